The number of H-pyrrole nitrogens is 1. The number of nitro groups is 1. The molecular formula is C10H7N3O7. The van der Waals surface area contributed by atoms with E-state index in [1.807, 2.05) is 0 Å². The van der Waals surface area contributed by atoms with Gasteiger partial charge in [0.1, 0.15) is 0 Å². The van der Waals surface area contributed by atoms with Gasteiger partial charge in [0.2, 0.25) is 5.76 Å². The number of nitrogens with zero attached hydrogens (tertiary/aromatic N) is 2. The lowest BCUT2D eigenvalue weighted by molar-refractivity contribution is -0.386. The predicted molar refractivity (Wildman–Crippen MR) is 62.7 cm³/mol. The number of aromatic amines is 1. The second-order valence-electron chi connectivity index (χ2n) is 3.74. The topological polar surface area (TPSA) is 148 Å². The van der Waals surface area contributed by atoms with E-state index in [-0.39, 0.29) is 17.9 Å². The highest BCUT2D eigenvalue weighted by Gasteiger charge is 2.18. The van der Waals surface area contributed by atoms with Crippen molar-refractivity contribution >= 4 is 11.7 Å². The van der Waals surface area contributed by atoms with Crippen LogP contribution in [0.3, 0.4) is 0 Å². The molecule has 2 aromatic heterocycles. The SMILES string of the molecule is O=C(O)c1occc1Cn1cc([N+](=O)[O-])c(=O)[nH]c1=O. The van der Waals surface area contributed by atoms with Gasteiger partial charge in [0.05, 0.1) is 23.9 Å². The summed E-state index contributed by atoms with van der Waals surface area (Å²) in [5.74, 6) is -1.72. The van der Waals surface area contributed by atoms with E-state index in [1.165, 1.54) is 6.07 Å². The first-order valence-electron chi connectivity index (χ1n) is 5.18. The monoisotopic (exact) mass is 281 g/mol. The van der Waals surface area contributed by atoms with Gasteiger partial charge >= 0.3 is 22.9 Å². The molecule has 0 unspecified atom stereocenters. The number of carbonyl (C=O) groups is 1. The van der Waals surface area contributed by atoms with E-state index in [1.54, 1.807) is 4.98 Å². The van der Waals surface area contributed by atoms with E-state index >= 15 is 0 Å². The van der Waals surface area contributed by atoms with Crippen molar-refractivity contribution in [3.05, 3.63) is 60.8 Å². The highest BCUT2D eigenvalue weighted by Crippen LogP contribution is 2.12. The van der Waals surface area contributed by atoms with Crippen LogP contribution in [0.1, 0.15) is 16.1 Å². The second-order valence-corrected chi connectivity index (χ2v) is 3.74. The largest absolute Gasteiger partial charge is 0.475 e. The lowest BCUT2D eigenvalue weighted by Gasteiger charge is -2.03. The number of hydrogen-bond acceptors (Lipinski definition) is 6. The van der Waals surface area contributed by atoms with Crippen molar-refractivity contribution in [2.24, 2.45) is 0 Å². The standard InChI is InChI=1S/C10H7N3O7/c14-8-6(13(18)19)4-12(10(17)11-8)3-5-1-2-20-7(5)9(15)16/h1-2,4H,3H2,(H,15,16)(H,11,14,17). The minimum atomic E-state index is -1.34. The molecule has 0 saturated carbocycles. The van der Waals surface area contributed by atoms with E-state index in [2.05, 4.69) is 0 Å². The minimum absolute atomic E-state index is 0.140. The number of aromatic nitrogens is 2. The number of carboxylic acids is 1. The van der Waals surface area contributed by atoms with Crippen LogP contribution in [-0.4, -0.2) is 25.6 Å². The van der Waals surface area contributed by atoms with Crippen LogP contribution >= 0.6 is 0 Å². The second kappa shape index (κ2) is 4.84. The first-order chi connectivity index (χ1) is 9.40. The minimum Gasteiger partial charge on any atom is -0.475 e. The Morgan fingerprint density at radius 2 is 2.20 bits per heavy atom. The first-order valence-corrected chi connectivity index (χ1v) is 5.18. The normalized spacial score (nSPS) is 10.4. The molecule has 0 spiro atoms. The molecule has 0 amide bonds. The van der Waals surface area contributed by atoms with Crippen LogP contribution < -0.4 is 11.2 Å². The summed E-state index contributed by atoms with van der Waals surface area (Å²) in [5.41, 5.74) is -2.69. The predicted octanol–water partition coefficient (Wildman–Crippen LogP) is -0.216. The van der Waals surface area contributed by atoms with Crippen LogP contribution in [0, 0.1) is 10.1 Å². The molecule has 0 aliphatic carbocycles. The zero-order valence-electron chi connectivity index (χ0n) is 9.73. The average Bonchev–Trinajstić information content (AvgIpc) is 2.80. The Labute approximate surface area is 109 Å². The number of furan rings is 1. The molecule has 0 aromatic carbocycles. The van der Waals surface area contributed by atoms with E-state index in [0.717, 1.165) is 17.0 Å². The number of rotatable bonds is 4. The van der Waals surface area contributed by atoms with Gasteiger partial charge in [-0.2, -0.15) is 0 Å². The molecule has 10 heteroatoms. The smallest absolute Gasteiger partial charge is 0.372 e. The van der Waals surface area contributed by atoms with Crippen molar-refractivity contribution in [3.63, 3.8) is 0 Å². The molecule has 0 aliphatic heterocycles. The van der Waals surface area contributed by atoms with Gasteiger partial charge < -0.3 is 9.52 Å². The molecule has 2 aromatic rings. The highest BCUT2D eigenvalue weighted by molar-refractivity contribution is 5.86. The molecule has 0 radical (unpaired) electrons. The fourth-order valence-corrected chi connectivity index (χ4v) is 1.58. The number of hydrogen-bond donors (Lipinski definition) is 2. The molecular weight excluding hydrogens is 274 g/mol. The van der Waals surface area contributed by atoms with Gasteiger partial charge in [-0.05, 0) is 6.07 Å². The van der Waals surface area contributed by atoms with Crippen molar-refractivity contribution in [1.29, 1.82) is 0 Å². The Kier molecular flexibility index (Phi) is 3.21. The van der Waals surface area contributed by atoms with Gasteiger partial charge in [-0.15, -0.1) is 0 Å². The first kappa shape index (κ1) is 13.3. The van der Waals surface area contributed by atoms with Crippen molar-refractivity contribution in [2.75, 3.05) is 0 Å². The third-order valence-electron chi connectivity index (χ3n) is 2.47. The Hall–Kier alpha value is -3.17. The Morgan fingerprint density at radius 3 is 2.80 bits per heavy atom. The van der Waals surface area contributed by atoms with Crippen molar-refractivity contribution in [2.45, 2.75) is 6.54 Å². The third-order valence-corrected chi connectivity index (χ3v) is 2.47. The number of aromatic carboxylic acids is 1. The van der Waals surface area contributed by atoms with Gasteiger partial charge in [0, 0.05) is 5.56 Å². The van der Waals surface area contributed by atoms with Crippen LogP contribution in [-0.2, 0) is 6.54 Å². The van der Waals surface area contributed by atoms with Gasteiger partial charge in [-0.25, -0.2) is 9.59 Å². The summed E-state index contributed by atoms with van der Waals surface area (Å²) in [6.07, 6.45) is 1.86. The molecule has 2 rings (SSSR count). The van der Waals surface area contributed by atoms with E-state index in [4.69, 9.17) is 9.52 Å². The fraction of sp³-hybridized carbons (Fsp3) is 0.100. The molecule has 10 nitrogen and oxygen atoms in total. The Balaban J connectivity index is 2.49. The maximum atomic E-state index is 11.5. The molecule has 20 heavy (non-hydrogen) atoms. The van der Waals surface area contributed by atoms with Crippen LogP contribution in [0.4, 0.5) is 5.69 Å². The molecule has 104 valence electrons. The van der Waals surface area contributed by atoms with Crippen molar-refractivity contribution in [3.8, 4) is 0 Å². The molecule has 0 aliphatic rings. The van der Waals surface area contributed by atoms with Crippen molar-refractivity contribution < 1.29 is 19.2 Å². The van der Waals surface area contributed by atoms with Gasteiger partial charge in [-0.3, -0.25) is 24.5 Å². The molecule has 2 heterocycles. The highest BCUT2D eigenvalue weighted by atomic mass is 16.6. The van der Waals surface area contributed by atoms with E-state index in [0.29, 0.717) is 0 Å². The maximum absolute atomic E-state index is 11.5. The number of carboxylic acid groups (broad SMARTS) is 1. The molecule has 2 N–H and O–H groups in total. The lowest BCUT2D eigenvalue weighted by Crippen LogP contribution is -2.31. The molecule has 0 saturated heterocycles. The van der Waals surface area contributed by atoms with Crippen LogP contribution in [0.2, 0.25) is 0 Å². The van der Waals surface area contributed by atoms with Gasteiger partial charge in [-0.1, -0.05) is 0 Å². The van der Waals surface area contributed by atoms with Crippen molar-refractivity contribution in [1.82, 2.24) is 9.55 Å². The summed E-state index contributed by atoms with van der Waals surface area (Å²) in [4.78, 5) is 45.0. The zero-order chi connectivity index (χ0) is 14.9. The summed E-state index contributed by atoms with van der Waals surface area (Å²) >= 11 is 0. The zero-order valence-corrected chi connectivity index (χ0v) is 9.73. The van der Waals surface area contributed by atoms with Crippen LogP contribution in [0.15, 0.2) is 32.5 Å². The molecule has 0 bridgehead atoms. The number of nitrogens with one attached hydrogen (secondary N) is 1. The summed E-state index contributed by atoms with van der Waals surface area (Å²) in [6.45, 7) is -0.283. The molecule has 0 fully saturated rings. The summed E-state index contributed by atoms with van der Waals surface area (Å²) in [7, 11) is 0. The Bertz CT molecular complexity index is 798. The quantitative estimate of drug-likeness (QED) is 0.581. The van der Waals surface area contributed by atoms with E-state index in [9.17, 15) is 24.5 Å². The maximum Gasteiger partial charge on any atom is 0.372 e. The fourth-order valence-electron chi connectivity index (χ4n) is 1.58. The van der Waals surface area contributed by atoms with E-state index < -0.39 is 27.8 Å². The van der Waals surface area contributed by atoms with Crippen LogP contribution in [0.25, 0.3) is 0 Å². The molecule has 0 atom stereocenters. The summed E-state index contributed by atoms with van der Waals surface area (Å²) in [5, 5.41) is 19.5. The Morgan fingerprint density at radius 1 is 1.50 bits per heavy atom. The van der Waals surface area contributed by atoms with Gasteiger partial charge in [0.25, 0.3) is 0 Å². The summed E-state index contributed by atoms with van der Waals surface area (Å²) < 4.78 is 5.54. The summed E-state index contributed by atoms with van der Waals surface area (Å²) in [6, 6.07) is 1.31. The van der Waals surface area contributed by atoms with Gasteiger partial charge in [0.15, 0.2) is 0 Å². The lowest BCUT2D eigenvalue weighted by atomic mass is 10.2. The average molecular weight is 281 g/mol. The third kappa shape index (κ3) is 2.34. The van der Waals surface area contributed by atoms with Crippen LogP contribution in [0.5, 0.6) is 0 Å².